The zero-order chi connectivity index (χ0) is 17.6. The number of likely N-dealkylation sites (tertiary alicyclic amines) is 1. The van der Waals surface area contributed by atoms with Crippen molar-refractivity contribution in [2.24, 2.45) is 0 Å². The highest BCUT2D eigenvalue weighted by molar-refractivity contribution is 5.97. The fraction of sp³-hybridized carbons (Fsp3) is 0.389. The van der Waals surface area contributed by atoms with E-state index < -0.39 is 5.82 Å². The number of rotatable bonds is 5. The summed E-state index contributed by atoms with van der Waals surface area (Å²) in [6.07, 6.45) is 3.51. The number of hydrogen-bond donors (Lipinski definition) is 0. The third-order valence-electron chi connectivity index (χ3n) is 3.95. The standard InChI is InChI=1S/C18H20FN3O3/c1-2-24-16-8-4-3-7-15(16)17(23)22-9-5-6-14(12-22)25-18-20-10-13(19)11-21-18/h3-4,7-8,10-11,14H,2,5-6,9,12H2,1H3/t14-/m1/s1. The van der Waals surface area contributed by atoms with Crippen molar-refractivity contribution in [1.82, 2.24) is 14.9 Å². The summed E-state index contributed by atoms with van der Waals surface area (Å²) >= 11 is 0. The van der Waals surface area contributed by atoms with Crippen LogP contribution in [0.25, 0.3) is 0 Å². The number of hydrogen-bond acceptors (Lipinski definition) is 5. The molecule has 0 aliphatic carbocycles. The molecule has 1 amide bonds. The molecule has 0 unspecified atom stereocenters. The van der Waals surface area contributed by atoms with Crippen molar-refractivity contribution in [3.8, 4) is 11.8 Å². The van der Waals surface area contributed by atoms with Gasteiger partial charge in [-0.05, 0) is 31.9 Å². The van der Waals surface area contributed by atoms with Crippen LogP contribution in [0.15, 0.2) is 36.7 Å². The molecule has 2 aromatic rings. The zero-order valence-corrected chi connectivity index (χ0v) is 14.0. The molecule has 3 rings (SSSR count). The molecular weight excluding hydrogens is 325 g/mol. The van der Waals surface area contributed by atoms with Gasteiger partial charge in [0.05, 0.1) is 31.1 Å². The Bertz CT molecular complexity index is 724. The van der Waals surface area contributed by atoms with Crippen molar-refractivity contribution in [1.29, 1.82) is 0 Å². The molecular formula is C18H20FN3O3. The molecule has 1 fully saturated rings. The van der Waals surface area contributed by atoms with Gasteiger partial charge in [0, 0.05) is 6.54 Å². The van der Waals surface area contributed by atoms with E-state index in [0.717, 1.165) is 25.2 Å². The van der Waals surface area contributed by atoms with Gasteiger partial charge in [-0.25, -0.2) is 14.4 Å². The quantitative estimate of drug-likeness (QED) is 0.834. The smallest absolute Gasteiger partial charge is 0.316 e. The van der Waals surface area contributed by atoms with Gasteiger partial charge in [0.1, 0.15) is 11.9 Å². The Morgan fingerprint density at radius 2 is 2.08 bits per heavy atom. The predicted molar refractivity (Wildman–Crippen MR) is 89.2 cm³/mol. The molecule has 1 aromatic carbocycles. The van der Waals surface area contributed by atoms with Gasteiger partial charge in [0.25, 0.3) is 5.91 Å². The van der Waals surface area contributed by atoms with Gasteiger partial charge in [-0.15, -0.1) is 0 Å². The lowest BCUT2D eigenvalue weighted by Crippen LogP contribution is -2.44. The van der Waals surface area contributed by atoms with E-state index in [9.17, 15) is 9.18 Å². The Hall–Kier alpha value is -2.70. The van der Waals surface area contributed by atoms with Crippen LogP contribution in [0.2, 0.25) is 0 Å². The van der Waals surface area contributed by atoms with E-state index in [1.54, 1.807) is 17.0 Å². The van der Waals surface area contributed by atoms with Crippen LogP contribution in [0.4, 0.5) is 4.39 Å². The van der Waals surface area contributed by atoms with Gasteiger partial charge in [0.15, 0.2) is 5.82 Å². The highest BCUT2D eigenvalue weighted by atomic mass is 19.1. The van der Waals surface area contributed by atoms with Gasteiger partial charge in [-0.3, -0.25) is 4.79 Å². The van der Waals surface area contributed by atoms with Crippen LogP contribution in [0.1, 0.15) is 30.1 Å². The minimum absolute atomic E-state index is 0.0858. The number of para-hydroxylation sites is 1. The number of piperidine rings is 1. The molecule has 1 saturated heterocycles. The summed E-state index contributed by atoms with van der Waals surface area (Å²) in [5.74, 6) is -0.0161. The molecule has 7 heteroatoms. The second kappa shape index (κ2) is 7.92. The van der Waals surface area contributed by atoms with Crippen LogP contribution < -0.4 is 9.47 Å². The van der Waals surface area contributed by atoms with E-state index in [-0.39, 0.29) is 18.0 Å². The van der Waals surface area contributed by atoms with Gasteiger partial charge in [-0.2, -0.15) is 0 Å². The van der Waals surface area contributed by atoms with Crippen molar-refractivity contribution in [3.63, 3.8) is 0 Å². The Kier molecular flexibility index (Phi) is 5.42. The lowest BCUT2D eigenvalue weighted by atomic mass is 10.1. The van der Waals surface area contributed by atoms with E-state index in [1.165, 1.54) is 0 Å². The van der Waals surface area contributed by atoms with Crippen molar-refractivity contribution in [2.75, 3.05) is 19.7 Å². The number of carbonyl (C=O) groups is 1. The summed E-state index contributed by atoms with van der Waals surface area (Å²) in [5.41, 5.74) is 0.544. The molecule has 6 nitrogen and oxygen atoms in total. The lowest BCUT2D eigenvalue weighted by molar-refractivity contribution is 0.0512. The largest absolute Gasteiger partial charge is 0.493 e. The monoisotopic (exact) mass is 345 g/mol. The Balaban J connectivity index is 1.68. The maximum atomic E-state index is 12.9. The van der Waals surface area contributed by atoms with Crippen LogP contribution in [-0.2, 0) is 0 Å². The first-order valence-electron chi connectivity index (χ1n) is 8.32. The molecule has 0 saturated carbocycles. The van der Waals surface area contributed by atoms with Crippen molar-refractivity contribution >= 4 is 5.91 Å². The fourth-order valence-electron chi connectivity index (χ4n) is 2.82. The molecule has 25 heavy (non-hydrogen) atoms. The highest BCUT2D eigenvalue weighted by Gasteiger charge is 2.27. The molecule has 0 spiro atoms. The maximum Gasteiger partial charge on any atom is 0.316 e. The number of nitrogens with zero attached hydrogens (tertiary/aromatic N) is 3. The second-order valence-electron chi connectivity index (χ2n) is 5.75. The zero-order valence-electron chi connectivity index (χ0n) is 14.0. The number of aromatic nitrogens is 2. The first-order chi connectivity index (χ1) is 12.2. The Morgan fingerprint density at radius 1 is 1.32 bits per heavy atom. The number of ether oxygens (including phenoxy) is 2. The van der Waals surface area contributed by atoms with Gasteiger partial charge in [0.2, 0.25) is 0 Å². The molecule has 1 aliphatic heterocycles. The molecule has 1 aromatic heterocycles. The van der Waals surface area contributed by atoms with Crippen LogP contribution >= 0.6 is 0 Å². The Morgan fingerprint density at radius 3 is 2.84 bits per heavy atom. The third kappa shape index (κ3) is 4.23. The summed E-state index contributed by atoms with van der Waals surface area (Å²) in [6.45, 7) is 3.47. The van der Waals surface area contributed by atoms with E-state index in [1.807, 2.05) is 19.1 Å². The molecule has 2 heterocycles. The second-order valence-corrected chi connectivity index (χ2v) is 5.75. The van der Waals surface area contributed by atoms with E-state index in [2.05, 4.69) is 9.97 Å². The summed E-state index contributed by atoms with van der Waals surface area (Å²) < 4.78 is 24.1. The number of carbonyl (C=O) groups excluding carboxylic acids is 1. The van der Waals surface area contributed by atoms with Crippen LogP contribution in [0, 0.1) is 5.82 Å². The summed E-state index contributed by atoms with van der Waals surface area (Å²) in [7, 11) is 0. The van der Waals surface area contributed by atoms with Crippen LogP contribution in [0.5, 0.6) is 11.8 Å². The average molecular weight is 345 g/mol. The molecule has 0 radical (unpaired) electrons. The number of benzene rings is 1. The molecule has 0 bridgehead atoms. The van der Waals surface area contributed by atoms with Crippen LogP contribution in [-0.4, -0.2) is 46.6 Å². The first kappa shape index (κ1) is 17.1. The molecule has 1 atom stereocenters. The van der Waals surface area contributed by atoms with Gasteiger partial charge >= 0.3 is 6.01 Å². The third-order valence-corrected chi connectivity index (χ3v) is 3.95. The van der Waals surface area contributed by atoms with Crippen molar-refractivity contribution in [2.45, 2.75) is 25.9 Å². The lowest BCUT2D eigenvalue weighted by Gasteiger charge is -2.32. The molecule has 132 valence electrons. The normalized spacial score (nSPS) is 17.2. The maximum absolute atomic E-state index is 12.9. The van der Waals surface area contributed by atoms with Crippen LogP contribution in [0.3, 0.4) is 0 Å². The highest BCUT2D eigenvalue weighted by Crippen LogP contribution is 2.23. The Labute approximate surface area is 145 Å². The van der Waals surface area contributed by atoms with Gasteiger partial charge < -0.3 is 14.4 Å². The fourth-order valence-corrected chi connectivity index (χ4v) is 2.82. The minimum Gasteiger partial charge on any atom is -0.493 e. The van der Waals surface area contributed by atoms with Gasteiger partial charge in [-0.1, -0.05) is 12.1 Å². The first-order valence-corrected chi connectivity index (χ1v) is 8.32. The average Bonchev–Trinajstić information content (AvgIpc) is 2.64. The predicted octanol–water partition coefficient (Wildman–Crippen LogP) is 2.70. The number of halogens is 1. The van der Waals surface area contributed by atoms with E-state index >= 15 is 0 Å². The summed E-state index contributed by atoms with van der Waals surface area (Å²) in [5, 5.41) is 0. The minimum atomic E-state index is -0.514. The van der Waals surface area contributed by atoms with E-state index in [4.69, 9.17) is 9.47 Å². The van der Waals surface area contributed by atoms with E-state index in [0.29, 0.717) is 31.0 Å². The van der Waals surface area contributed by atoms with Crippen molar-refractivity contribution in [3.05, 3.63) is 48.0 Å². The SMILES string of the molecule is CCOc1ccccc1C(=O)N1CCC[C@@H](Oc2ncc(F)cn2)C1. The topological polar surface area (TPSA) is 64.5 Å². The summed E-state index contributed by atoms with van der Waals surface area (Å²) in [4.78, 5) is 22.2. The molecule has 1 aliphatic rings. The summed E-state index contributed by atoms with van der Waals surface area (Å²) in [6, 6.07) is 7.34. The molecule has 0 N–H and O–H groups in total. The van der Waals surface area contributed by atoms with Crippen molar-refractivity contribution < 1.29 is 18.7 Å². The number of amides is 1.